The van der Waals surface area contributed by atoms with E-state index in [9.17, 15) is 14.4 Å². The summed E-state index contributed by atoms with van der Waals surface area (Å²) in [5, 5.41) is 13.7. The lowest BCUT2D eigenvalue weighted by molar-refractivity contribution is -0.136. The lowest BCUT2D eigenvalue weighted by Gasteiger charge is -2.34. The maximum Gasteiger partial charge on any atom is 0.255 e. The first kappa shape index (κ1) is 33.6. The average Bonchev–Trinajstić information content (AvgIpc) is 3.81. The SMILES string of the molecule is O=C1CCC(N2Cc3c(Nc4ccnc(Nc5cccc(N6CCC(n7cc(-c8cnc9cccc(Br)c9n8)cn7)CC6)c5)n4)cccc3C2=O)C(=O)N1. The number of nitrogens with one attached hydrogen (secondary N) is 3. The van der Waals surface area contributed by atoms with Crippen molar-refractivity contribution < 1.29 is 14.4 Å². The van der Waals surface area contributed by atoms with Crippen molar-refractivity contribution in [2.24, 2.45) is 0 Å². The smallest absolute Gasteiger partial charge is 0.255 e. The maximum absolute atomic E-state index is 13.3. The third-order valence-corrected chi connectivity index (χ3v) is 10.9. The number of amides is 3. The molecule has 1 atom stereocenters. The molecule has 3 amide bonds. The quantitative estimate of drug-likeness (QED) is 0.152. The van der Waals surface area contributed by atoms with Crippen molar-refractivity contribution in [1.82, 2.24) is 39.9 Å². The number of rotatable bonds is 8. The van der Waals surface area contributed by atoms with Gasteiger partial charge in [-0.15, -0.1) is 0 Å². The summed E-state index contributed by atoms with van der Waals surface area (Å²) in [4.78, 5) is 60.0. The number of carbonyl (C=O) groups excluding carboxylic acids is 3. The Labute approximate surface area is 318 Å². The Balaban J connectivity index is 0.837. The van der Waals surface area contributed by atoms with Gasteiger partial charge in [-0.25, -0.2) is 9.97 Å². The summed E-state index contributed by atoms with van der Waals surface area (Å²) in [6.07, 6.45) is 9.82. The molecule has 0 aliphatic carbocycles. The minimum Gasteiger partial charge on any atom is -0.371 e. The number of para-hydroxylation sites is 1. The van der Waals surface area contributed by atoms with Gasteiger partial charge in [0.05, 0.1) is 29.6 Å². The maximum atomic E-state index is 13.3. The molecule has 14 nitrogen and oxygen atoms in total. The second-order valence-corrected chi connectivity index (χ2v) is 14.4. The number of benzene rings is 3. The lowest BCUT2D eigenvalue weighted by atomic mass is 10.0. The summed E-state index contributed by atoms with van der Waals surface area (Å²) in [5.74, 6) is -0.0101. The molecule has 3 aromatic heterocycles. The summed E-state index contributed by atoms with van der Waals surface area (Å²) in [5.41, 5.74) is 7.40. The van der Waals surface area contributed by atoms with Crippen molar-refractivity contribution >= 4 is 73.5 Å². The van der Waals surface area contributed by atoms with E-state index < -0.39 is 11.9 Å². The van der Waals surface area contributed by atoms with Crippen LogP contribution in [0, 0.1) is 0 Å². The average molecular weight is 785 g/mol. The summed E-state index contributed by atoms with van der Waals surface area (Å²) in [6, 6.07) is 20.9. The number of halogens is 1. The van der Waals surface area contributed by atoms with E-state index in [1.165, 1.54) is 4.90 Å². The molecule has 0 bridgehead atoms. The molecule has 270 valence electrons. The van der Waals surface area contributed by atoms with Crippen molar-refractivity contribution in [3.63, 3.8) is 0 Å². The molecular weight excluding hydrogens is 750 g/mol. The summed E-state index contributed by atoms with van der Waals surface area (Å²) >= 11 is 3.59. The van der Waals surface area contributed by atoms with E-state index in [2.05, 4.69) is 69.8 Å². The van der Waals surface area contributed by atoms with Crippen molar-refractivity contribution in [3.8, 4) is 11.3 Å². The minimum atomic E-state index is -0.683. The molecule has 2 saturated heterocycles. The van der Waals surface area contributed by atoms with Crippen LogP contribution in [0.15, 0.2) is 96.0 Å². The third-order valence-electron chi connectivity index (χ3n) is 10.2. The Morgan fingerprint density at radius 2 is 1.72 bits per heavy atom. The molecule has 3 aliphatic heterocycles. The molecule has 0 spiro atoms. The zero-order chi connectivity index (χ0) is 36.8. The highest BCUT2D eigenvalue weighted by Crippen LogP contribution is 2.34. The Morgan fingerprint density at radius 1 is 0.870 bits per heavy atom. The highest BCUT2D eigenvalue weighted by molar-refractivity contribution is 9.10. The minimum absolute atomic E-state index is 0.204. The number of carbonyl (C=O) groups is 3. The Bertz CT molecular complexity index is 2440. The van der Waals surface area contributed by atoms with Gasteiger partial charge in [-0.2, -0.15) is 10.1 Å². The van der Waals surface area contributed by atoms with Gasteiger partial charge in [-0.3, -0.25) is 29.4 Å². The van der Waals surface area contributed by atoms with Crippen LogP contribution in [0.1, 0.15) is 47.6 Å². The zero-order valence-corrected chi connectivity index (χ0v) is 30.5. The van der Waals surface area contributed by atoms with E-state index in [1.54, 1.807) is 30.6 Å². The number of imide groups is 1. The standard InChI is InChI=1S/C39H34BrN11O3/c40-29-7-3-9-31-36(29)46-32(20-42-31)23-19-43-51(21-23)25-13-16-49(17-14-25)26-5-1-4-24(18-26)44-39-41-15-12-34(47-39)45-30-8-2-6-27-28(30)22-50(38(27)54)33-10-11-35(52)48-37(33)53/h1-9,12,15,18-21,25,33H,10-11,13-14,16-17,22H2,(H,48,52,53)(H2,41,44,45,47). The van der Waals surface area contributed by atoms with Gasteiger partial charge in [-0.1, -0.05) is 18.2 Å². The van der Waals surface area contributed by atoms with Crippen molar-refractivity contribution in [1.29, 1.82) is 0 Å². The number of anilines is 5. The number of hydrogen-bond acceptors (Lipinski definition) is 11. The van der Waals surface area contributed by atoms with Crippen LogP contribution in [0.3, 0.4) is 0 Å². The van der Waals surface area contributed by atoms with Crippen LogP contribution in [-0.4, -0.2) is 71.5 Å². The Morgan fingerprint density at radius 3 is 2.59 bits per heavy atom. The van der Waals surface area contributed by atoms with Crippen LogP contribution >= 0.6 is 15.9 Å². The van der Waals surface area contributed by atoms with Gasteiger partial charge in [0.25, 0.3) is 5.91 Å². The monoisotopic (exact) mass is 783 g/mol. The normalized spacial score (nSPS) is 17.5. The van der Waals surface area contributed by atoms with E-state index in [1.807, 2.05) is 42.6 Å². The van der Waals surface area contributed by atoms with Crippen molar-refractivity contribution in [3.05, 3.63) is 107 Å². The number of piperidine rings is 2. The second kappa shape index (κ2) is 14.0. The fourth-order valence-corrected chi connectivity index (χ4v) is 7.88. The molecule has 0 radical (unpaired) electrons. The lowest BCUT2D eigenvalue weighted by Crippen LogP contribution is -2.52. The number of hydrogen-bond donors (Lipinski definition) is 3. The first-order valence-electron chi connectivity index (χ1n) is 17.8. The van der Waals surface area contributed by atoms with Crippen molar-refractivity contribution in [2.75, 3.05) is 28.6 Å². The molecule has 3 aromatic carbocycles. The van der Waals surface area contributed by atoms with Crippen LogP contribution in [0.25, 0.3) is 22.3 Å². The van der Waals surface area contributed by atoms with E-state index in [-0.39, 0.29) is 30.8 Å². The molecule has 1 unspecified atom stereocenters. The van der Waals surface area contributed by atoms with Gasteiger partial charge >= 0.3 is 0 Å². The molecule has 54 heavy (non-hydrogen) atoms. The van der Waals surface area contributed by atoms with Crippen LogP contribution in [0.2, 0.25) is 0 Å². The number of aromatic nitrogens is 6. The predicted molar refractivity (Wildman–Crippen MR) is 206 cm³/mol. The Kier molecular flexibility index (Phi) is 8.69. The van der Waals surface area contributed by atoms with E-state index in [0.717, 1.165) is 69.6 Å². The molecule has 2 fully saturated rings. The van der Waals surface area contributed by atoms with Gasteiger partial charge in [0.2, 0.25) is 17.8 Å². The predicted octanol–water partition coefficient (Wildman–Crippen LogP) is 6.14. The van der Waals surface area contributed by atoms with Gasteiger partial charge in [0.1, 0.15) is 17.4 Å². The molecule has 6 heterocycles. The van der Waals surface area contributed by atoms with Crippen LogP contribution < -0.4 is 20.9 Å². The number of nitrogens with zero attached hydrogens (tertiary/aromatic N) is 8. The summed E-state index contributed by atoms with van der Waals surface area (Å²) in [6.45, 7) is 2.02. The molecule has 6 aromatic rings. The first-order valence-corrected chi connectivity index (χ1v) is 18.6. The zero-order valence-electron chi connectivity index (χ0n) is 28.9. The Hall–Kier alpha value is -6.22. The molecule has 3 aliphatic rings. The van der Waals surface area contributed by atoms with Crippen molar-refractivity contribution in [2.45, 2.75) is 44.3 Å². The summed E-state index contributed by atoms with van der Waals surface area (Å²) in [7, 11) is 0. The molecule has 15 heteroatoms. The van der Waals surface area contributed by atoms with Gasteiger partial charge in [0, 0.05) is 76.7 Å². The van der Waals surface area contributed by atoms with E-state index >= 15 is 0 Å². The van der Waals surface area contributed by atoms with Gasteiger partial charge in [0.15, 0.2) is 0 Å². The van der Waals surface area contributed by atoms with Crippen LogP contribution in [0.5, 0.6) is 0 Å². The van der Waals surface area contributed by atoms with E-state index in [4.69, 9.17) is 15.1 Å². The first-order chi connectivity index (χ1) is 26.4. The molecule has 9 rings (SSSR count). The largest absolute Gasteiger partial charge is 0.371 e. The van der Waals surface area contributed by atoms with E-state index in [0.29, 0.717) is 29.4 Å². The molecule has 3 N–H and O–H groups in total. The molecular formula is C39H34BrN11O3. The third kappa shape index (κ3) is 6.51. The summed E-state index contributed by atoms with van der Waals surface area (Å²) < 4.78 is 2.98. The fourth-order valence-electron chi connectivity index (χ4n) is 7.44. The second-order valence-electron chi connectivity index (χ2n) is 13.6. The highest BCUT2D eigenvalue weighted by Gasteiger charge is 2.40. The highest BCUT2D eigenvalue weighted by atomic mass is 79.9. The molecule has 0 saturated carbocycles. The number of fused-ring (bicyclic) bond motifs is 2. The van der Waals surface area contributed by atoms with Crippen LogP contribution in [-0.2, 0) is 16.1 Å². The fraction of sp³-hybridized carbons (Fsp3) is 0.231. The topological polar surface area (TPSA) is 163 Å². The van der Waals surface area contributed by atoms with Crippen LogP contribution in [0.4, 0.5) is 28.8 Å². The van der Waals surface area contributed by atoms with Gasteiger partial charge in [-0.05, 0) is 83.7 Å². The van der Waals surface area contributed by atoms with Gasteiger partial charge < -0.3 is 20.4 Å².